The second-order valence-corrected chi connectivity index (χ2v) is 7.52. The van der Waals surface area contributed by atoms with Gasteiger partial charge in [0.25, 0.3) is 5.91 Å². The summed E-state index contributed by atoms with van der Waals surface area (Å²) in [7, 11) is -2.29. The molecule has 0 saturated heterocycles. The molecule has 6 nitrogen and oxygen atoms in total. The van der Waals surface area contributed by atoms with Crippen molar-refractivity contribution in [3.8, 4) is 0 Å². The maximum absolute atomic E-state index is 12.0. The number of hydrogen-bond donors (Lipinski definition) is 2. The smallest absolute Gasteiger partial charge is 0.303 e. The molecule has 1 saturated carbocycles. The third kappa shape index (κ3) is 3.39. The Morgan fingerprint density at radius 1 is 1.35 bits per heavy atom. The van der Waals surface area contributed by atoms with E-state index in [-0.39, 0.29) is 5.92 Å². The molecule has 0 bridgehead atoms. The Labute approximate surface area is 120 Å². The Kier molecular flexibility index (Phi) is 4.51. The zero-order chi connectivity index (χ0) is 14.8. The summed E-state index contributed by atoms with van der Waals surface area (Å²) in [6.45, 7) is 0.416. The molecule has 1 amide bonds. The number of allylic oxidation sites excluding steroid dienone is 1. The van der Waals surface area contributed by atoms with Crippen molar-refractivity contribution in [1.29, 1.82) is 0 Å². The fourth-order valence-corrected chi connectivity index (χ4v) is 3.38. The number of carbonyl (C=O) groups is 1. The molecule has 2 aliphatic rings. The van der Waals surface area contributed by atoms with Gasteiger partial charge in [-0.05, 0) is 25.7 Å². The van der Waals surface area contributed by atoms with E-state index in [1.165, 1.54) is 11.4 Å². The van der Waals surface area contributed by atoms with Gasteiger partial charge < -0.3 is 5.73 Å². The van der Waals surface area contributed by atoms with Crippen LogP contribution in [0.25, 0.3) is 0 Å². The van der Waals surface area contributed by atoms with Gasteiger partial charge in [0.2, 0.25) is 0 Å². The molecule has 7 heteroatoms. The zero-order valence-electron chi connectivity index (χ0n) is 11.8. The van der Waals surface area contributed by atoms with Crippen molar-refractivity contribution in [2.75, 3.05) is 13.6 Å². The Morgan fingerprint density at radius 2 is 2.05 bits per heavy atom. The van der Waals surface area contributed by atoms with Crippen LogP contribution in [0.1, 0.15) is 38.5 Å². The van der Waals surface area contributed by atoms with Crippen LogP contribution in [0, 0.1) is 5.92 Å². The van der Waals surface area contributed by atoms with Crippen molar-refractivity contribution in [3.63, 3.8) is 0 Å². The minimum absolute atomic E-state index is 0.0500. The number of carbonyl (C=O) groups excluding carboxylic acids is 1. The first kappa shape index (κ1) is 15.5. The predicted octanol–water partition coefficient (Wildman–Crippen LogP) is 0.517. The molecule has 114 valence electrons. The molecule has 0 spiro atoms. The van der Waals surface area contributed by atoms with E-state index >= 15 is 0 Å². The molecule has 0 aromatic heterocycles. The summed E-state index contributed by atoms with van der Waals surface area (Å²) >= 11 is 0. The quantitative estimate of drug-likeness (QED) is 0.638. The van der Waals surface area contributed by atoms with Crippen molar-refractivity contribution in [2.24, 2.45) is 11.7 Å². The van der Waals surface area contributed by atoms with Crippen LogP contribution in [-0.4, -0.2) is 37.8 Å². The lowest BCUT2D eigenvalue weighted by atomic mass is 10.1. The summed E-state index contributed by atoms with van der Waals surface area (Å²) in [6, 6.07) is 0. The lowest BCUT2D eigenvalue weighted by Crippen LogP contribution is -2.50. The van der Waals surface area contributed by atoms with E-state index < -0.39 is 21.7 Å². The standard InChI is InChI=1S/C13H23N3O3S/c1-16-9-7-5-3-2-4-6-8-11-10-13(11,14)12(17)15-20(16,18)19/h6,8,11H,2-5,7,9-10,14H2,1H3,(H,15,17)/b8-6+/t11-,13-/m1/s1. The summed E-state index contributed by atoms with van der Waals surface area (Å²) in [5.41, 5.74) is 4.90. The normalized spacial score (nSPS) is 37.3. The van der Waals surface area contributed by atoms with Crippen LogP contribution in [0.5, 0.6) is 0 Å². The first-order valence-corrected chi connectivity index (χ1v) is 8.54. The lowest BCUT2D eigenvalue weighted by molar-refractivity contribution is -0.121. The van der Waals surface area contributed by atoms with Crippen LogP contribution in [0.4, 0.5) is 0 Å². The van der Waals surface area contributed by atoms with Crippen LogP contribution < -0.4 is 10.5 Å². The first-order chi connectivity index (χ1) is 9.36. The van der Waals surface area contributed by atoms with Crippen LogP contribution >= 0.6 is 0 Å². The van der Waals surface area contributed by atoms with Gasteiger partial charge in [-0.1, -0.05) is 25.0 Å². The Hall–Kier alpha value is -0.920. The van der Waals surface area contributed by atoms with E-state index in [1.807, 2.05) is 6.08 Å². The van der Waals surface area contributed by atoms with E-state index in [0.717, 1.165) is 32.1 Å². The molecule has 2 atom stereocenters. The van der Waals surface area contributed by atoms with Gasteiger partial charge in [0.05, 0.1) is 0 Å². The topological polar surface area (TPSA) is 92.5 Å². The molecular weight excluding hydrogens is 278 g/mol. The summed E-state index contributed by atoms with van der Waals surface area (Å²) < 4.78 is 27.3. The third-order valence-electron chi connectivity index (χ3n) is 4.08. The summed E-state index contributed by atoms with van der Waals surface area (Å²) in [5.74, 6) is -0.651. The number of hydrogen-bond acceptors (Lipinski definition) is 4. The fourth-order valence-electron chi connectivity index (χ4n) is 2.43. The van der Waals surface area contributed by atoms with Crippen molar-refractivity contribution in [1.82, 2.24) is 9.03 Å². The molecule has 3 N–H and O–H groups in total. The van der Waals surface area contributed by atoms with Crippen molar-refractivity contribution in [2.45, 2.75) is 44.1 Å². The van der Waals surface area contributed by atoms with Crippen molar-refractivity contribution < 1.29 is 13.2 Å². The number of amides is 1. The second kappa shape index (κ2) is 5.83. The highest BCUT2D eigenvalue weighted by molar-refractivity contribution is 7.87. The van der Waals surface area contributed by atoms with Gasteiger partial charge in [0.1, 0.15) is 5.54 Å². The van der Waals surface area contributed by atoms with Crippen molar-refractivity contribution >= 4 is 16.1 Å². The van der Waals surface area contributed by atoms with E-state index in [0.29, 0.717) is 13.0 Å². The molecule has 0 radical (unpaired) electrons. The average molecular weight is 301 g/mol. The minimum atomic E-state index is -3.77. The number of rotatable bonds is 0. The van der Waals surface area contributed by atoms with Gasteiger partial charge in [-0.2, -0.15) is 12.7 Å². The Balaban J connectivity index is 2.11. The summed E-state index contributed by atoms with van der Waals surface area (Å²) in [6.07, 6.45) is 9.46. The molecule has 0 unspecified atom stereocenters. The van der Waals surface area contributed by atoms with Crippen LogP contribution in [-0.2, 0) is 15.0 Å². The summed E-state index contributed by atoms with van der Waals surface area (Å²) in [5, 5.41) is 0. The van der Waals surface area contributed by atoms with Gasteiger partial charge in [-0.3, -0.25) is 4.79 Å². The van der Waals surface area contributed by atoms with E-state index in [9.17, 15) is 13.2 Å². The SMILES string of the molecule is CN1CCCCCC/C=C/[C@@H]2C[C@]2(N)C(=O)NS1(=O)=O. The van der Waals surface area contributed by atoms with E-state index in [1.54, 1.807) is 0 Å². The maximum atomic E-state index is 12.0. The van der Waals surface area contributed by atoms with Crippen LogP contribution in [0.15, 0.2) is 12.2 Å². The maximum Gasteiger partial charge on any atom is 0.303 e. The van der Waals surface area contributed by atoms with Gasteiger partial charge >= 0.3 is 10.2 Å². The van der Waals surface area contributed by atoms with E-state index in [2.05, 4.69) is 10.8 Å². The first-order valence-electron chi connectivity index (χ1n) is 7.10. The zero-order valence-corrected chi connectivity index (χ0v) is 12.7. The molecule has 0 aromatic carbocycles. The Morgan fingerprint density at radius 3 is 2.80 bits per heavy atom. The second-order valence-electron chi connectivity index (χ2n) is 5.74. The number of nitrogens with one attached hydrogen (secondary N) is 1. The average Bonchev–Trinajstić information content (AvgIpc) is 3.03. The molecule has 20 heavy (non-hydrogen) atoms. The van der Waals surface area contributed by atoms with E-state index in [4.69, 9.17) is 5.73 Å². The highest BCUT2D eigenvalue weighted by Crippen LogP contribution is 2.42. The van der Waals surface area contributed by atoms with Crippen LogP contribution in [0.3, 0.4) is 0 Å². The number of nitrogens with two attached hydrogens (primary N) is 1. The number of fused-ring (bicyclic) bond motifs is 1. The van der Waals surface area contributed by atoms with Gasteiger partial charge in [-0.25, -0.2) is 4.72 Å². The highest BCUT2D eigenvalue weighted by atomic mass is 32.2. The van der Waals surface area contributed by atoms with Gasteiger partial charge in [0, 0.05) is 19.5 Å². The highest BCUT2D eigenvalue weighted by Gasteiger charge is 2.56. The monoisotopic (exact) mass is 301 g/mol. The molecule has 0 aromatic rings. The van der Waals surface area contributed by atoms with Crippen molar-refractivity contribution in [3.05, 3.63) is 12.2 Å². The lowest BCUT2D eigenvalue weighted by Gasteiger charge is -2.19. The van der Waals surface area contributed by atoms with Gasteiger partial charge in [0.15, 0.2) is 0 Å². The summed E-state index contributed by atoms with van der Waals surface area (Å²) in [4.78, 5) is 12.0. The molecule has 1 aliphatic heterocycles. The molecule has 1 heterocycles. The molecule has 2 rings (SSSR count). The fraction of sp³-hybridized carbons (Fsp3) is 0.769. The predicted molar refractivity (Wildman–Crippen MR) is 76.9 cm³/mol. The Bertz CT molecular complexity index is 503. The largest absolute Gasteiger partial charge is 0.317 e. The third-order valence-corrected chi connectivity index (χ3v) is 5.52. The molecule has 1 fully saturated rings. The minimum Gasteiger partial charge on any atom is -0.317 e. The van der Waals surface area contributed by atoms with Crippen LogP contribution in [0.2, 0.25) is 0 Å². The van der Waals surface area contributed by atoms with Gasteiger partial charge in [-0.15, -0.1) is 0 Å². The number of nitrogens with zero attached hydrogens (tertiary/aromatic N) is 1. The molecule has 1 aliphatic carbocycles. The molecular formula is C13H23N3O3S.